The van der Waals surface area contributed by atoms with Crippen LogP contribution in [-0.4, -0.2) is 43.0 Å². The molecular weight excluding hydrogens is 226 g/mol. The van der Waals surface area contributed by atoms with Crippen molar-refractivity contribution in [2.45, 2.75) is 19.9 Å². The summed E-state index contributed by atoms with van der Waals surface area (Å²) in [5, 5.41) is 6.26. The molecule has 2 N–H and O–H groups in total. The molecule has 4 heteroatoms. The molecule has 4 nitrogen and oxygen atoms in total. The van der Waals surface area contributed by atoms with E-state index >= 15 is 0 Å². The number of rotatable bonds is 3. The molecule has 1 fully saturated rings. The summed E-state index contributed by atoms with van der Waals surface area (Å²) in [5.41, 5.74) is 2.07. The molecule has 1 aromatic rings. The Kier molecular flexibility index (Phi) is 4.33. The molecule has 0 spiro atoms. The van der Waals surface area contributed by atoms with Crippen LogP contribution in [-0.2, 0) is 4.79 Å². The fourth-order valence-corrected chi connectivity index (χ4v) is 2.14. The molecule has 1 unspecified atom stereocenters. The van der Waals surface area contributed by atoms with Crippen LogP contribution in [0.1, 0.15) is 12.5 Å². The van der Waals surface area contributed by atoms with Crippen molar-refractivity contribution >= 4 is 11.6 Å². The van der Waals surface area contributed by atoms with Gasteiger partial charge in [-0.05, 0) is 26.0 Å². The number of piperazine rings is 1. The Morgan fingerprint density at radius 3 is 2.83 bits per heavy atom. The highest BCUT2D eigenvalue weighted by atomic mass is 16.2. The van der Waals surface area contributed by atoms with Crippen molar-refractivity contribution in [3.05, 3.63) is 29.8 Å². The lowest BCUT2D eigenvalue weighted by atomic mass is 10.2. The van der Waals surface area contributed by atoms with Crippen molar-refractivity contribution in [2.24, 2.45) is 0 Å². The maximum Gasteiger partial charge on any atom is 0.238 e. The molecule has 0 bridgehead atoms. The molecule has 18 heavy (non-hydrogen) atoms. The largest absolute Gasteiger partial charge is 0.325 e. The number of benzene rings is 1. The summed E-state index contributed by atoms with van der Waals surface area (Å²) in [7, 11) is 0. The molecule has 0 saturated carbocycles. The Morgan fingerprint density at radius 2 is 2.17 bits per heavy atom. The zero-order valence-electron chi connectivity index (χ0n) is 11.1. The number of carbonyl (C=O) groups excluding carboxylic acids is 1. The van der Waals surface area contributed by atoms with Crippen LogP contribution in [0.5, 0.6) is 0 Å². The van der Waals surface area contributed by atoms with Crippen LogP contribution in [0.2, 0.25) is 0 Å². The number of anilines is 1. The van der Waals surface area contributed by atoms with Crippen LogP contribution < -0.4 is 10.6 Å². The highest BCUT2D eigenvalue weighted by molar-refractivity contribution is 5.92. The standard InChI is InChI=1S/C14H21N3O/c1-11-3-5-13(6-4-11)16-14(18)10-17-8-7-15-9-12(17)2/h3-6,12,15H,7-10H2,1-2H3,(H,16,18). The average molecular weight is 247 g/mol. The maximum atomic E-state index is 11.9. The minimum Gasteiger partial charge on any atom is -0.325 e. The van der Waals surface area contributed by atoms with Gasteiger partial charge in [-0.25, -0.2) is 0 Å². The molecule has 1 heterocycles. The van der Waals surface area contributed by atoms with Gasteiger partial charge in [0.2, 0.25) is 5.91 Å². The molecular formula is C14H21N3O. The van der Waals surface area contributed by atoms with Crippen molar-refractivity contribution in [1.82, 2.24) is 10.2 Å². The van der Waals surface area contributed by atoms with Gasteiger partial charge in [0.25, 0.3) is 0 Å². The first-order valence-electron chi connectivity index (χ1n) is 6.46. The van der Waals surface area contributed by atoms with Gasteiger partial charge in [-0.15, -0.1) is 0 Å². The van der Waals surface area contributed by atoms with E-state index in [-0.39, 0.29) is 5.91 Å². The molecule has 0 aromatic heterocycles. The summed E-state index contributed by atoms with van der Waals surface area (Å²) in [6.45, 7) is 7.50. The fraction of sp³-hybridized carbons (Fsp3) is 0.500. The highest BCUT2D eigenvalue weighted by Crippen LogP contribution is 2.09. The van der Waals surface area contributed by atoms with Crippen LogP contribution in [0.4, 0.5) is 5.69 Å². The van der Waals surface area contributed by atoms with Gasteiger partial charge in [0.15, 0.2) is 0 Å². The molecule has 1 amide bonds. The van der Waals surface area contributed by atoms with Gasteiger partial charge in [0.1, 0.15) is 0 Å². The third kappa shape index (κ3) is 3.55. The van der Waals surface area contributed by atoms with Crippen molar-refractivity contribution in [3.8, 4) is 0 Å². The van der Waals surface area contributed by atoms with Crippen LogP contribution in [0.3, 0.4) is 0 Å². The summed E-state index contributed by atoms with van der Waals surface area (Å²) in [6.07, 6.45) is 0. The normalized spacial score (nSPS) is 20.7. The van der Waals surface area contributed by atoms with E-state index in [0.29, 0.717) is 12.6 Å². The van der Waals surface area contributed by atoms with Gasteiger partial charge in [-0.3, -0.25) is 9.69 Å². The Morgan fingerprint density at radius 1 is 1.44 bits per heavy atom. The van der Waals surface area contributed by atoms with E-state index in [2.05, 4.69) is 22.5 Å². The Balaban J connectivity index is 1.86. The molecule has 1 atom stereocenters. The number of aryl methyl sites for hydroxylation is 1. The minimum atomic E-state index is 0.0626. The Bertz CT molecular complexity index is 402. The van der Waals surface area contributed by atoms with Crippen LogP contribution in [0.25, 0.3) is 0 Å². The second-order valence-electron chi connectivity index (χ2n) is 4.94. The zero-order valence-corrected chi connectivity index (χ0v) is 11.1. The van der Waals surface area contributed by atoms with Crippen molar-refractivity contribution < 1.29 is 4.79 Å². The number of amides is 1. The number of hydrogen-bond acceptors (Lipinski definition) is 3. The van der Waals surface area contributed by atoms with Gasteiger partial charge < -0.3 is 10.6 Å². The van der Waals surface area contributed by atoms with E-state index in [1.807, 2.05) is 31.2 Å². The van der Waals surface area contributed by atoms with Gasteiger partial charge in [0.05, 0.1) is 6.54 Å². The first-order chi connectivity index (χ1) is 8.65. The summed E-state index contributed by atoms with van der Waals surface area (Å²) in [4.78, 5) is 14.1. The summed E-state index contributed by atoms with van der Waals surface area (Å²) < 4.78 is 0. The fourth-order valence-electron chi connectivity index (χ4n) is 2.14. The summed E-state index contributed by atoms with van der Waals surface area (Å²) >= 11 is 0. The average Bonchev–Trinajstić information content (AvgIpc) is 2.35. The molecule has 2 rings (SSSR count). The number of hydrogen-bond donors (Lipinski definition) is 2. The smallest absolute Gasteiger partial charge is 0.238 e. The lowest BCUT2D eigenvalue weighted by Crippen LogP contribution is -2.51. The van der Waals surface area contributed by atoms with Gasteiger partial charge in [0, 0.05) is 31.4 Å². The monoisotopic (exact) mass is 247 g/mol. The number of nitrogens with one attached hydrogen (secondary N) is 2. The van der Waals surface area contributed by atoms with Gasteiger partial charge in [-0.2, -0.15) is 0 Å². The first kappa shape index (κ1) is 13.1. The molecule has 1 saturated heterocycles. The van der Waals surface area contributed by atoms with Gasteiger partial charge >= 0.3 is 0 Å². The predicted molar refractivity (Wildman–Crippen MR) is 73.7 cm³/mol. The van der Waals surface area contributed by atoms with Crippen LogP contribution in [0, 0.1) is 6.92 Å². The second kappa shape index (κ2) is 5.98. The summed E-state index contributed by atoms with van der Waals surface area (Å²) in [6, 6.07) is 8.30. The number of carbonyl (C=O) groups is 1. The van der Waals surface area contributed by atoms with Gasteiger partial charge in [-0.1, -0.05) is 17.7 Å². The second-order valence-corrected chi connectivity index (χ2v) is 4.94. The minimum absolute atomic E-state index is 0.0626. The van der Waals surface area contributed by atoms with E-state index in [0.717, 1.165) is 25.3 Å². The van der Waals surface area contributed by atoms with Crippen molar-refractivity contribution in [3.63, 3.8) is 0 Å². The van der Waals surface area contributed by atoms with Crippen molar-refractivity contribution in [2.75, 3.05) is 31.5 Å². The number of nitrogens with zero attached hydrogens (tertiary/aromatic N) is 1. The van der Waals surface area contributed by atoms with E-state index < -0.39 is 0 Å². The van der Waals surface area contributed by atoms with E-state index in [9.17, 15) is 4.79 Å². The zero-order chi connectivity index (χ0) is 13.0. The van der Waals surface area contributed by atoms with E-state index in [1.54, 1.807) is 0 Å². The third-order valence-electron chi connectivity index (χ3n) is 3.32. The third-order valence-corrected chi connectivity index (χ3v) is 3.32. The lowest BCUT2D eigenvalue weighted by Gasteiger charge is -2.33. The van der Waals surface area contributed by atoms with Crippen LogP contribution in [0.15, 0.2) is 24.3 Å². The van der Waals surface area contributed by atoms with E-state index in [4.69, 9.17) is 0 Å². The predicted octanol–water partition coefficient (Wildman–Crippen LogP) is 1.23. The van der Waals surface area contributed by atoms with Crippen LogP contribution >= 0.6 is 0 Å². The molecule has 0 aliphatic carbocycles. The molecule has 98 valence electrons. The molecule has 1 aromatic carbocycles. The lowest BCUT2D eigenvalue weighted by molar-refractivity contribution is -0.118. The Hall–Kier alpha value is -1.39. The molecule has 1 aliphatic rings. The first-order valence-corrected chi connectivity index (χ1v) is 6.46. The molecule has 0 radical (unpaired) electrons. The Labute approximate surface area is 108 Å². The molecule has 1 aliphatic heterocycles. The quantitative estimate of drug-likeness (QED) is 0.844. The topological polar surface area (TPSA) is 44.4 Å². The van der Waals surface area contributed by atoms with E-state index in [1.165, 1.54) is 5.56 Å². The SMILES string of the molecule is Cc1ccc(NC(=O)CN2CCNCC2C)cc1. The summed E-state index contributed by atoms with van der Waals surface area (Å²) in [5.74, 6) is 0.0626. The van der Waals surface area contributed by atoms with Crippen molar-refractivity contribution in [1.29, 1.82) is 0 Å². The highest BCUT2D eigenvalue weighted by Gasteiger charge is 2.19. The maximum absolute atomic E-state index is 11.9.